The van der Waals surface area contributed by atoms with Crippen LogP contribution in [0, 0.1) is 11.7 Å². The number of rotatable bonds is 4. The van der Waals surface area contributed by atoms with Crippen LogP contribution in [0.5, 0.6) is 0 Å². The maximum Gasteiger partial charge on any atom is 0.125 e. The van der Waals surface area contributed by atoms with E-state index < -0.39 is 0 Å². The average molecular weight is 263 g/mol. The lowest BCUT2D eigenvalue weighted by Gasteiger charge is -2.36. The maximum absolute atomic E-state index is 13.5. The molecule has 1 aliphatic carbocycles. The third kappa shape index (κ3) is 3.25. The van der Waals surface area contributed by atoms with Gasteiger partial charge in [0.2, 0.25) is 0 Å². The molecule has 0 unspecified atom stereocenters. The SMILES string of the molecule is NCc1cc(F)cc(N2CCN(CC3CC3)CC2)c1. The van der Waals surface area contributed by atoms with E-state index >= 15 is 0 Å². The molecular formula is C15H22FN3. The quantitative estimate of drug-likeness (QED) is 0.899. The Morgan fingerprint density at radius 1 is 1.11 bits per heavy atom. The van der Waals surface area contributed by atoms with Crippen LogP contribution in [-0.4, -0.2) is 37.6 Å². The second-order valence-electron chi connectivity index (χ2n) is 5.75. The van der Waals surface area contributed by atoms with Gasteiger partial charge in [-0.3, -0.25) is 4.90 Å². The van der Waals surface area contributed by atoms with Gasteiger partial charge < -0.3 is 10.6 Å². The molecule has 0 radical (unpaired) electrons. The lowest BCUT2D eigenvalue weighted by molar-refractivity contribution is 0.248. The minimum absolute atomic E-state index is 0.182. The van der Waals surface area contributed by atoms with Crippen LogP contribution in [0.1, 0.15) is 18.4 Å². The maximum atomic E-state index is 13.5. The number of piperazine rings is 1. The monoisotopic (exact) mass is 263 g/mol. The second-order valence-corrected chi connectivity index (χ2v) is 5.75. The Labute approximate surface area is 114 Å². The van der Waals surface area contributed by atoms with Crippen molar-refractivity contribution in [3.8, 4) is 0 Å². The molecule has 0 atom stereocenters. The topological polar surface area (TPSA) is 32.5 Å². The van der Waals surface area contributed by atoms with Crippen LogP contribution in [0.4, 0.5) is 10.1 Å². The first-order valence-electron chi connectivity index (χ1n) is 7.21. The first kappa shape index (κ1) is 12.9. The van der Waals surface area contributed by atoms with Crippen molar-refractivity contribution in [3.05, 3.63) is 29.6 Å². The molecular weight excluding hydrogens is 241 g/mol. The first-order valence-corrected chi connectivity index (χ1v) is 7.21. The third-order valence-electron chi connectivity index (χ3n) is 4.13. The van der Waals surface area contributed by atoms with Gasteiger partial charge in [-0.15, -0.1) is 0 Å². The van der Waals surface area contributed by atoms with E-state index in [0.717, 1.165) is 43.3 Å². The summed E-state index contributed by atoms with van der Waals surface area (Å²) in [6.07, 6.45) is 2.81. The number of hydrogen-bond donors (Lipinski definition) is 1. The van der Waals surface area contributed by atoms with Crippen LogP contribution >= 0.6 is 0 Å². The lowest BCUT2D eigenvalue weighted by atomic mass is 10.1. The zero-order chi connectivity index (χ0) is 13.2. The number of nitrogens with two attached hydrogens (primary N) is 1. The van der Waals surface area contributed by atoms with Crippen LogP contribution in [0.25, 0.3) is 0 Å². The minimum Gasteiger partial charge on any atom is -0.369 e. The van der Waals surface area contributed by atoms with E-state index in [1.165, 1.54) is 25.5 Å². The zero-order valence-corrected chi connectivity index (χ0v) is 11.3. The molecule has 2 aliphatic rings. The van der Waals surface area contributed by atoms with Crippen molar-refractivity contribution in [3.63, 3.8) is 0 Å². The fraction of sp³-hybridized carbons (Fsp3) is 0.600. The van der Waals surface area contributed by atoms with Gasteiger partial charge in [0, 0.05) is 45.0 Å². The van der Waals surface area contributed by atoms with Crippen molar-refractivity contribution in [2.45, 2.75) is 19.4 Å². The van der Waals surface area contributed by atoms with E-state index in [-0.39, 0.29) is 5.82 Å². The molecule has 2 fully saturated rings. The molecule has 1 aliphatic heterocycles. The highest BCUT2D eigenvalue weighted by atomic mass is 19.1. The van der Waals surface area contributed by atoms with Crippen LogP contribution < -0.4 is 10.6 Å². The van der Waals surface area contributed by atoms with Gasteiger partial charge in [0.15, 0.2) is 0 Å². The Morgan fingerprint density at radius 3 is 2.47 bits per heavy atom. The molecule has 0 spiro atoms. The van der Waals surface area contributed by atoms with Crippen molar-refractivity contribution in [2.24, 2.45) is 11.7 Å². The van der Waals surface area contributed by atoms with Crippen molar-refractivity contribution in [1.29, 1.82) is 0 Å². The normalized spacial score (nSPS) is 20.8. The molecule has 4 heteroatoms. The Morgan fingerprint density at radius 2 is 1.84 bits per heavy atom. The predicted octanol–water partition coefficient (Wildman–Crippen LogP) is 1.82. The van der Waals surface area contributed by atoms with Gasteiger partial charge in [0.25, 0.3) is 0 Å². The van der Waals surface area contributed by atoms with Gasteiger partial charge in [-0.2, -0.15) is 0 Å². The molecule has 1 heterocycles. The summed E-state index contributed by atoms with van der Waals surface area (Å²) in [5.74, 6) is 0.767. The Hall–Kier alpha value is -1.13. The predicted molar refractivity (Wildman–Crippen MR) is 75.7 cm³/mol. The molecule has 1 aromatic rings. The fourth-order valence-electron chi connectivity index (χ4n) is 2.79. The summed E-state index contributed by atoms with van der Waals surface area (Å²) in [6.45, 7) is 5.80. The van der Waals surface area contributed by atoms with Crippen molar-refractivity contribution in [2.75, 3.05) is 37.6 Å². The molecule has 3 rings (SSSR count). The number of hydrogen-bond acceptors (Lipinski definition) is 3. The third-order valence-corrected chi connectivity index (χ3v) is 4.13. The summed E-state index contributed by atoms with van der Waals surface area (Å²) in [7, 11) is 0. The molecule has 1 aromatic carbocycles. The smallest absolute Gasteiger partial charge is 0.125 e. The highest BCUT2D eigenvalue weighted by Gasteiger charge is 2.26. The van der Waals surface area contributed by atoms with E-state index in [4.69, 9.17) is 5.73 Å². The number of halogens is 1. The zero-order valence-electron chi connectivity index (χ0n) is 11.3. The van der Waals surface area contributed by atoms with Crippen LogP contribution in [0.3, 0.4) is 0 Å². The Bertz CT molecular complexity index is 437. The Kier molecular flexibility index (Phi) is 3.71. The van der Waals surface area contributed by atoms with E-state index in [1.54, 1.807) is 6.07 Å². The average Bonchev–Trinajstić information content (AvgIpc) is 3.23. The van der Waals surface area contributed by atoms with Crippen LogP contribution in [0.15, 0.2) is 18.2 Å². The van der Waals surface area contributed by atoms with E-state index in [1.807, 2.05) is 6.07 Å². The summed E-state index contributed by atoms with van der Waals surface area (Å²) in [6, 6.07) is 5.15. The second kappa shape index (κ2) is 5.47. The summed E-state index contributed by atoms with van der Waals surface area (Å²) in [5.41, 5.74) is 7.46. The van der Waals surface area contributed by atoms with Crippen LogP contribution in [0.2, 0.25) is 0 Å². The molecule has 3 nitrogen and oxygen atoms in total. The van der Waals surface area contributed by atoms with Gasteiger partial charge in [-0.05, 0) is 42.5 Å². The highest BCUT2D eigenvalue weighted by molar-refractivity contribution is 5.49. The molecule has 0 amide bonds. The van der Waals surface area contributed by atoms with Gasteiger partial charge >= 0.3 is 0 Å². The van der Waals surface area contributed by atoms with E-state index in [9.17, 15) is 4.39 Å². The van der Waals surface area contributed by atoms with Crippen molar-refractivity contribution < 1.29 is 4.39 Å². The lowest BCUT2D eigenvalue weighted by Crippen LogP contribution is -2.47. The standard InChI is InChI=1S/C15H22FN3/c16-14-7-13(10-17)8-15(9-14)19-5-3-18(4-6-19)11-12-1-2-12/h7-9,12H,1-6,10-11,17H2. The minimum atomic E-state index is -0.182. The van der Waals surface area contributed by atoms with Gasteiger partial charge in [0.1, 0.15) is 5.82 Å². The summed E-state index contributed by atoms with van der Waals surface area (Å²) >= 11 is 0. The summed E-state index contributed by atoms with van der Waals surface area (Å²) in [4.78, 5) is 4.81. The number of nitrogens with zero attached hydrogens (tertiary/aromatic N) is 2. The van der Waals surface area contributed by atoms with E-state index in [2.05, 4.69) is 9.80 Å². The fourth-order valence-corrected chi connectivity index (χ4v) is 2.79. The molecule has 0 aromatic heterocycles. The van der Waals surface area contributed by atoms with Gasteiger partial charge in [0.05, 0.1) is 0 Å². The molecule has 1 saturated carbocycles. The van der Waals surface area contributed by atoms with Crippen LogP contribution in [-0.2, 0) is 6.54 Å². The highest BCUT2D eigenvalue weighted by Crippen LogP contribution is 2.30. The van der Waals surface area contributed by atoms with Gasteiger partial charge in [-0.25, -0.2) is 4.39 Å². The molecule has 19 heavy (non-hydrogen) atoms. The molecule has 104 valence electrons. The molecule has 0 bridgehead atoms. The molecule has 2 N–H and O–H groups in total. The largest absolute Gasteiger partial charge is 0.369 e. The van der Waals surface area contributed by atoms with Crippen molar-refractivity contribution in [1.82, 2.24) is 4.90 Å². The number of benzene rings is 1. The van der Waals surface area contributed by atoms with Gasteiger partial charge in [-0.1, -0.05) is 0 Å². The summed E-state index contributed by atoms with van der Waals surface area (Å²) < 4.78 is 13.5. The summed E-state index contributed by atoms with van der Waals surface area (Å²) in [5, 5.41) is 0. The Balaban J connectivity index is 1.62. The van der Waals surface area contributed by atoms with E-state index in [0.29, 0.717) is 6.54 Å². The number of anilines is 1. The first-order chi connectivity index (χ1) is 9.24. The molecule has 1 saturated heterocycles. The van der Waals surface area contributed by atoms with Crippen molar-refractivity contribution >= 4 is 5.69 Å².